The van der Waals surface area contributed by atoms with Gasteiger partial charge in [0, 0.05) is 43.0 Å². The molecule has 30 heavy (non-hydrogen) atoms. The quantitative estimate of drug-likeness (QED) is 0.663. The van der Waals surface area contributed by atoms with Gasteiger partial charge in [0.1, 0.15) is 5.60 Å². The maximum Gasteiger partial charge on any atom is 0.471 e. The number of hydrogen-bond donors (Lipinski definition) is 0. The van der Waals surface area contributed by atoms with E-state index >= 15 is 0 Å². The maximum absolute atomic E-state index is 12.8. The van der Waals surface area contributed by atoms with Gasteiger partial charge in [0.15, 0.2) is 5.13 Å². The molecule has 3 aliphatic rings. The van der Waals surface area contributed by atoms with Crippen LogP contribution in [0.4, 0.5) is 23.1 Å². The number of aromatic nitrogens is 1. The first-order valence-corrected chi connectivity index (χ1v) is 10.8. The molecule has 1 aromatic heterocycles. The zero-order valence-corrected chi connectivity index (χ0v) is 18.0. The summed E-state index contributed by atoms with van der Waals surface area (Å²) in [5, 5.41) is 0.776. The van der Waals surface area contributed by atoms with Crippen molar-refractivity contribution in [2.75, 3.05) is 24.5 Å². The fourth-order valence-corrected chi connectivity index (χ4v) is 5.54. The highest BCUT2D eigenvalue weighted by Gasteiger charge is 2.46. The number of nitrogens with zero attached hydrogens (tertiary/aromatic N) is 4. The third kappa shape index (κ3) is 4.08. The summed E-state index contributed by atoms with van der Waals surface area (Å²) in [5.41, 5.74) is -0.00531. The zero-order valence-electron chi connectivity index (χ0n) is 17.2. The van der Waals surface area contributed by atoms with Gasteiger partial charge >= 0.3 is 18.2 Å². The van der Waals surface area contributed by atoms with Gasteiger partial charge < -0.3 is 19.4 Å². The smallest absolute Gasteiger partial charge is 0.444 e. The van der Waals surface area contributed by atoms with Crippen molar-refractivity contribution in [3.63, 3.8) is 0 Å². The number of halogens is 3. The summed E-state index contributed by atoms with van der Waals surface area (Å²) in [6.07, 6.45) is -2.96. The Hall–Kier alpha value is -2.04. The van der Waals surface area contributed by atoms with E-state index in [1.54, 1.807) is 4.90 Å². The van der Waals surface area contributed by atoms with Crippen molar-refractivity contribution >= 4 is 28.5 Å². The van der Waals surface area contributed by atoms with Crippen LogP contribution >= 0.6 is 11.3 Å². The Morgan fingerprint density at radius 2 is 1.73 bits per heavy atom. The number of likely N-dealkylation sites (tertiary alicyclic amines) is 1. The summed E-state index contributed by atoms with van der Waals surface area (Å²) in [4.78, 5) is 34.3. The number of piperazine rings is 1. The van der Waals surface area contributed by atoms with E-state index < -0.39 is 17.7 Å². The monoisotopic (exact) mass is 446 g/mol. The van der Waals surface area contributed by atoms with Crippen LogP contribution in [0, 0.1) is 0 Å². The first kappa shape index (κ1) is 21.2. The molecule has 11 heteroatoms. The Balaban J connectivity index is 1.47. The van der Waals surface area contributed by atoms with E-state index in [-0.39, 0.29) is 31.3 Å². The highest BCUT2D eigenvalue weighted by Crippen LogP contribution is 2.40. The fraction of sp³-hybridized carbons (Fsp3) is 0.737. The molecule has 0 radical (unpaired) electrons. The van der Waals surface area contributed by atoms with Gasteiger partial charge in [0.25, 0.3) is 0 Å². The van der Waals surface area contributed by atoms with Gasteiger partial charge in [-0.2, -0.15) is 13.2 Å². The third-order valence-corrected chi connectivity index (χ3v) is 6.77. The van der Waals surface area contributed by atoms with Crippen molar-refractivity contribution in [1.29, 1.82) is 0 Å². The lowest BCUT2D eigenvalue weighted by Crippen LogP contribution is -2.56. The normalized spacial score (nSPS) is 24.1. The lowest BCUT2D eigenvalue weighted by atomic mass is 10.2. The van der Waals surface area contributed by atoms with Crippen LogP contribution in [-0.2, 0) is 22.5 Å². The second-order valence-corrected chi connectivity index (χ2v) is 10.1. The Morgan fingerprint density at radius 3 is 2.30 bits per heavy atom. The summed E-state index contributed by atoms with van der Waals surface area (Å²) in [6.45, 7) is 6.51. The molecular weight excluding hydrogens is 421 g/mol. The largest absolute Gasteiger partial charge is 0.471 e. The van der Waals surface area contributed by atoms with Crippen LogP contribution in [0.25, 0.3) is 0 Å². The topological polar surface area (TPSA) is 66.0 Å². The molecule has 0 spiro atoms. The standard InChI is InChI=1S/C19H25F3N4O3S/c1-18(2,3)29-17(28)25-8-11-4-5-12(9-25)26(11)16-23-13-10-24(7-6-14(13)30-16)15(27)19(20,21)22/h11-12H,4-10H2,1-3H3. The minimum Gasteiger partial charge on any atom is -0.444 e. The van der Waals surface area contributed by atoms with E-state index in [2.05, 4.69) is 9.88 Å². The average Bonchev–Trinajstić information content (AvgIpc) is 3.15. The lowest BCUT2D eigenvalue weighted by Gasteiger charge is -2.41. The minimum absolute atomic E-state index is 0.0479. The molecule has 2 unspecified atom stereocenters. The van der Waals surface area contributed by atoms with Gasteiger partial charge in [0.2, 0.25) is 0 Å². The van der Waals surface area contributed by atoms with Crippen LogP contribution in [0.3, 0.4) is 0 Å². The van der Waals surface area contributed by atoms with Gasteiger partial charge in [0.05, 0.1) is 12.2 Å². The Kier molecular flexibility index (Phi) is 5.14. The van der Waals surface area contributed by atoms with Crippen LogP contribution in [0.1, 0.15) is 44.2 Å². The molecule has 2 atom stereocenters. The molecule has 2 fully saturated rings. The average molecular weight is 446 g/mol. The summed E-state index contributed by atoms with van der Waals surface area (Å²) in [5.74, 6) is -1.81. The van der Waals surface area contributed by atoms with Crippen LogP contribution in [0.15, 0.2) is 0 Å². The molecular formula is C19H25F3N4O3S. The SMILES string of the molecule is CC(C)(C)OC(=O)N1CC2CCC(C1)N2c1nc2c(s1)CCN(C(=O)C(F)(F)F)C2. The minimum atomic E-state index is -4.87. The molecule has 4 heterocycles. The molecule has 2 amide bonds. The molecule has 7 nitrogen and oxygen atoms in total. The van der Waals surface area contributed by atoms with Crippen molar-refractivity contribution in [3.05, 3.63) is 10.6 Å². The van der Waals surface area contributed by atoms with E-state index in [1.165, 1.54) is 11.3 Å². The van der Waals surface area contributed by atoms with Crippen LogP contribution in [0.2, 0.25) is 0 Å². The Bertz CT molecular complexity index is 837. The van der Waals surface area contributed by atoms with Crippen molar-refractivity contribution < 1.29 is 27.5 Å². The van der Waals surface area contributed by atoms with Gasteiger partial charge in [-0.15, -0.1) is 11.3 Å². The van der Waals surface area contributed by atoms with Crippen molar-refractivity contribution in [3.8, 4) is 0 Å². The molecule has 4 rings (SSSR count). The van der Waals surface area contributed by atoms with Crippen LogP contribution in [-0.4, -0.2) is 70.3 Å². The van der Waals surface area contributed by atoms with Crippen LogP contribution < -0.4 is 4.90 Å². The zero-order chi connectivity index (χ0) is 21.8. The van der Waals surface area contributed by atoms with Gasteiger partial charge in [-0.1, -0.05) is 0 Å². The van der Waals surface area contributed by atoms with Gasteiger partial charge in [-0.3, -0.25) is 4.79 Å². The first-order valence-electron chi connectivity index (χ1n) is 10.0. The van der Waals surface area contributed by atoms with Crippen molar-refractivity contribution in [1.82, 2.24) is 14.8 Å². The Morgan fingerprint density at radius 1 is 1.10 bits per heavy atom. The van der Waals surface area contributed by atoms with E-state index in [0.717, 1.165) is 27.8 Å². The van der Waals surface area contributed by atoms with Gasteiger partial charge in [-0.25, -0.2) is 9.78 Å². The molecule has 0 aromatic carbocycles. The maximum atomic E-state index is 12.8. The summed E-state index contributed by atoms with van der Waals surface area (Å²) in [7, 11) is 0. The van der Waals surface area contributed by atoms with E-state index in [9.17, 15) is 22.8 Å². The predicted molar refractivity (Wildman–Crippen MR) is 104 cm³/mol. The first-order chi connectivity index (χ1) is 13.9. The molecule has 0 aliphatic carbocycles. The second kappa shape index (κ2) is 7.28. The highest BCUT2D eigenvalue weighted by atomic mass is 32.1. The number of carbonyl (C=O) groups excluding carboxylic acids is 2. The van der Waals surface area contributed by atoms with E-state index in [4.69, 9.17) is 4.74 Å². The van der Waals surface area contributed by atoms with Gasteiger partial charge in [-0.05, 0) is 33.6 Å². The lowest BCUT2D eigenvalue weighted by molar-refractivity contribution is -0.186. The highest BCUT2D eigenvalue weighted by molar-refractivity contribution is 7.15. The predicted octanol–water partition coefficient (Wildman–Crippen LogP) is 3.18. The second-order valence-electron chi connectivity index (χ2n) is 9.02. The molecule has 2 bridgehead atoms. The summed E-state index contributed by atoms with van der Waals surface area (Å²) in [6, 6.07) is 0.216. The number of amides is 2. The number of anilines is 1. The molecule has 1 aromatic rings. The van der Waals surface area contributed by atoms with Crippen LogP contribution in [0.5, 0.6) is 0 Å². The number of ether oxygens (including phenoxy) is 1. The summed E-state index contributed by atoms with van der Waals surface area (Å²) >= 11 is 1.49. The van der Waals surface area contributed by atoms with E-state index in [1.807, 2.05) is 20.8 Å². The molecule has 166 valence electrons. The number of hydrogen-bond acceptors (Lipinski definition) is 6. The van der Waals surface area contributed by atoms with Crippen molar-refractivity contribution in [2.45, 2.75) is 70.4 Å². The molecule has 0 saturated carbocycles. The van der Waals surface area contributed by atoms with Crippen molar-refractivity contribution in [2.24, 2.45) is 0 Å². The number of rotatable bonds is 1. The molecule has 2 saturated heterocycles. The third-order valence-electron chi connectivity index (χ3n) is 5.60. The number of alkyl halides is 3. The Labute approximate surface area is 176 Å². The molecule has 0 N–H and O–H groups in total. The summed E-state index contributed by atoms with van der Waals surface area (Å²) < 4.78 is 43.8. The van der Waals surface area contributed by atoms with E-state index in [0.29, 0.717) is 25.2 Å². The number of fused-ring (bicyclic) bond motifs is 3. The molecule has 3 aliphatic heterocycles. The number of carbonyl (C=O) groups is 2. The number of thiazole rings is 1. The fourth-order valence-electron chi connectivity index (χ4n) is 4.34.